The van der Waals surface area contributed by atoms with Crippen molar-refractivity contribution >= 4 is 15.9 Å². The molecule has 0 spiro atoms. The monoisotopic (exact) mass is 283 g/mol. The fourth-order valence-corrected chi connectivity index (χ4v) is 4.49. The molecular weight excluding hydrogens is 262 g/mol. The Kier molecular flexibility index (Phi) is 2.98. The van der Waals surface area contributed by atoms with Crippen molar-refractivity contribution in [2.45, 2.75) is 57.4 Å². The normalized spacial score (nSPS) is 31.5. The first kappa shape index (κ1) is 13.1. The Morgan fingerprint density at radius 2 is 2.00 bits per heavy atom. The zero-order chi connectivity index (χ0) is 13.8. The van der Waals surface area contributed by atoms with Crippen molar-refractivity contribution < 1.29 is 8.42 Å². The van der Waals surface area contributed by atoms with Crippen LogP contribution in [0.1, 0.15) is 40.0 Å². The molecule has 0 aromatic rings. The minimum atomic E-state index is -3.10. The van der Waals surface area contributed by atoms with Crippen LogP contribution in [0.25, 0.3) is 0 Å². The Balaban J connectivity index is 1.78. The van der Waals surface area contributed by atoms with Gasteiger partial charge in [0.25, 0.3) is 0 Å². The maximum Gasteiger partial charge on any atom is 0.214 e. The molecule has 2 aliphatic heterocycles. The van der Waals surface area contributed by atoms with Crippen LogP contribution in [0.4, 0.5) is 0 Å². The van der Waals surface area contributed by atoms with Crippen molar-refractivity contribution in [2.75, 3.05) is 6.54 Å². The summed E-state index contributed by atoms with van der Waals surface area (Å²) in [6.07, 6.45) is 2.41. The summed E-state index contributed by atoms with van der Waals surface area (Å²) < 4.78 is 26.9. The largest absolute Gasteiger partial charge is 0.332 e. The van der Waals surface area contributed by atoms with Gasteiger partial charge in [0, 0.05) is 24.7 Å². The van der Waals surface area contributed by atoms with E-state index in [0.717, 1.165) is 25.1 Å². The van der Waals surface area contributed by atoms with E-state index in [-0.39, 0.29) is 17.3 Å². The van der Waals surface area contributed by atoms with E-state index in [9.17, 15) is 8.42 Å². The highest BCUT2D eigenvalue weighted by Gasteiger charge is 2.40. The van der Waals surface area contributed by atoms with Gasteiger partial charge in [-0.2, -0.15) is 0 Å². The molecule has 0 radical (unpaired) electrons. The molecule has 2 atom stereocenters. The molecule has 0 unspecified atom stereocenters. The van der Waals surface area contributed by atoms with Gasteiger partial charge >= 0.3 is 0 Å². The van der Waals surface area contributed by atoms with E-state index in [1.54, 1.807) is 0 Å². The first-order chi connectivity index (χ1) is 8.88. The molecular formula is C13H21N3O2S. The van der Waals surface area contributed by atoms with Gasteiger partial charge in [0.2, 0.25) is 10.0 Å². The van der Waals surface area contributed by atoms with Crippen LogP contribution in [0.5, 0.6) is 0 Å². The van der Waals surface area contributed by atoms with Crippen LogP contribution in [-0.2, 0) is 10.0 Å². The molecule has 6 heteroatoms. The summed E-state index contributed by atoms with van der Waals surface area (Å²) in [5.41, 5.74) is 2.52. The highest BCUT2D eigenvalue weighted by atomic mass is 32.2. The molecule has 0 bridgehead atoms. The van der Waals surface area contributed by atoms with Crippen LogP contribution in [0.15, 0.2) is 16.3 Å². The minimum absolute atomic E-state index is 0.00833. The van der Waals surface area contributed by atoms with Crippen LogP contribution in [0.2, 0.25) is 0 Å². The molecule has 3 aliphatic rings. The number of fused-ring (bicyclic) bond motifs is 1. The van der Waals surface area contributed by atoms with Crippen molar-refractivity contribution in [3.8, 4) is 0 Å². The zero-order valence-corrected chi connectivity index (χ0v) is 12.5. The summed E-state index contributed by atoms with van der Waals surface area (Å²) in [6.45, 7) is 6.90. The van der Waals surface area contributed by atoms with E-state index >= 15 is 0 Å². The Hall–Kier alpha value is -0.880. The van der Waals surface area contributed by atoms with E-state index in [1.165, 1.54) is 11.3 Å². The molecule has 5 nitrogen and oxygen atoms in total. The number of nitrogens with zero attached hydrogens (tertiary/aromatic N) is 2. The third kappa shape index (κ3) is 2.31. The second-order valence-electron chi connectivity index (χ2n) is 5.86. The molecule has 1 saturated heterocycles. The average molecular weight is 283 g/mol. The standard InChI is InChI=1S/C13H21N3O2S/c1-8-9(2)14-10(3)16-7-11(6-13(8)16)15-19(17,18)12-4-5-12/h9,11-12,15H,4-7H2,1-3H3/t9-,11-/m0/s1. The summed E-state index contributed by atoms with van der Waals surface area (Å²) in [5, 5.41) is -0.145. The fourth-order valence-electron chi connectivity index (χ4n) is 2.91. The quantitative estimate of drug-likeness (QED) is 0.847. The molecule has 1 aliphatic carbocycles. The van der Waals surface area contributed by atoms with Crippen molar-refractivity contribution in [3.63, 3.8) is 0 Å². The van der Waals surface area contributed by atoms with Gasteiger partial charge in [0.1, 0.15) is 5.84 Å². The maximum atomic E-state index is 12.0. The topological polar surface area (TPSA) is 61.8 Å². The molecule has 3 rings (SSSR count). The lowest BCUT2D eigenvalue weighted by Gasteiger charge is -2.28. The van der Waals surface area contributed by atoms with Crippen molar-refractivity contribution in [1.29, 1.82) is 0 Å². The van der Waals surface area contributed by atoms with Crippen LogP contribution >= 0.6 is 0 Å². The van der Waals surface area contributed by atoms with Crippen molar-refractivity contribution in [1.82, 2.24) is 9.62 Å². The summed E-state index contributed by atoms with van der Waals surface area (Å²) in [4.78, 5) is 6.75. The van der Waals surface area contributed by atoms with Crippen molar-refractivity contribution in [3.05, 3.63) is 11.3 Å². The van der Waals surface area contributed by atoms with Gasteiger partial charge in [-0.1, -0.05) is 0 Å². The molecule has 0 amide bonds. The molecule has 2 fully saturated rings. The van der Waals surface area contributed by atoms with Crippen LogP contribution < -0.4 is 4.72 Å². The van der Waals surface area contributed by atoms with E-state index in [0.29, 0.717) is 6.54 Å². The first-order valence-electron chi connectivity index (χ1n) is 6.91. The van der Waals surface area contributed by atoms with Gasteiger partial charge in [0.15, 0.2) is 0 Å². The second-order valence-corrected chi connectivity index (χ2v) is 7.85. The number of hydrogen-bond donors (Lipinski definition) is 1. The fraction of sp³-hybridized carbons (Fsp3) is 0.769. The molecule has 1 saturated carbocycles. The Labute approximate surface area is 114 Å². The third-order valence-corrected chi connectivity index (χ3v) is 6.33. The smallest absolute Gasteiger partial charge is 0.214 e. The Morgan fingerprint density at radius 1 is 1.32 bits per heavy atom. The SMILES string of the molecule is CC1=N[C@@H](C)C(C)=C2C[C@H](NS(=O)(=O)C3CC3)CN12. The van der Waals surface area contributed by atoms with Crippen LogP contribution in [0.3, 0.4) is 0 Å². The first-order valence-corrected chi connectivity index (χ1v) is 8.46. The van der Waals surface area contributed by atoms with Gasteiger partial charge < -0.3 is 4.90 Å². The number of sulfonamides is 1. The van der Waals surface area contributed by atoms with E-state index in [4.69, 9.17) is 0 Å². The lowest BCUT2D eigenvalue weighted by molar-refractivity contribution is 0.509. The lowest BCUT2D eigenvalue weighted by Crippen LogP contribution is -2.40. The van der Waals surface area contributed by atoms with Gasteiger partial charge in [-0.05, 0) is 39.2 Å². The van der Waals surface area contributed by atoms with Gasteiger partial charge in [-0.25, -0.2) is 13.1 Å². The van der Waals surface area contributed by atoms with E-state index < -0.39 is 10.0 Å². The van der Waals surface area contributed by atoms with E-state index in [1.807, 2.05) is 6.92 Å². The average Bonchev–Trinajstić information content (AvgIpc) is 3.09. The number of nitrogens with one attached hydrogen (secondary N) is 1. The number of rotatable bonds is 3. The lowest BCUT2D eigenvalue weighted by atomic mass is 10.0. The summed E-state index contributed by atoms with van der Waals surface area (Å²) in [5.74, 6) is 1.00. The Morgan fingerprint density at radius 3 is 2.63 bits per heavy atom. The summed E-state index contributed by atoms with van der Waals surface area (Å²) >= 11 is 0. The predicted octanol–water partition coefficient (Wildman–Crippen LogP) is 1.24. The third-order valence-electron chi connectivity index (χ3n) is 4.32. The number of hydrogen-bond acceptors (Lipinski definition) is 4. The molecule has 1 N–H and O–H groups in total. The minimum Gasteiger partial charge on any atom is -0.332 e. The number of aliphatic imine (C=N–C) groups is 1. The van der Waals surface area contributed by atoms with Crippen LogP contribution in [-0.4, -0.2) is 43.0 Å². The molecule has 2 heterocycles. The van der Waals surface area contributed by atoms with Gasteiger partial charge in [-0.15, -0.1) is 0 Å². The zero-order valence-electron chi connectivity index (χ0n) is 11.7. The number of amidine groups is 1. The molecule has 19 heavy (non-hydrogen) atoms. The molecule has 106 valence electrons. The molecule has 0 aromatic heterocycles. The summed E-state index contributed by atoms with van der Waals surface area (Å²) in [7, 11) is -3.10. The van der Waals surface area contributed by atoms with Crippen molar-refractivity contribution in [2.24, 2.45) is 4.99 Å². The van der Waals surface area contributed by atoms with Gasteiger partial charge in [0.05, 0.1) is 11.3 Å². The van der Waals surface area contributed by atoms with E-state index in [2.05, 4.69) is 28.5 Å². The van der Waals surface area contributed by atoms with Gasteiger partial charge in [-0.3, -0.25) is 4.99 Å². The highest BCUT2D eigenvalue weighted by molar-refractivity contribution is 7.90. The molecule has 0 aromatic carbocycles. The Bertz CT molecular complexity index is 560. The predicted molar refractivity (Wildman–Crippen MR) is 75.5 cm³/mol. The van der Waals surface area contributed by atoms with Crippen LogP contribution in [0, 0.1) is 0 Å². The maximum absolute atomic E-state index is 12.0. The summed E-state index contributed by atoms with van der Waals surface area (Å²) in [6, 6.07) is 0.205. The highest BCUT2D eigenvalue weighted by Crippen LogP contribution is 2.33. The second kappa shape index (κ2) is 4.31.